The molecule has 1 heterocycles. The van der Waals surface area contributed by atoms with E-state index in [1.807, 2.05) is 24.3 Å². The van der Waals surface area contributed by atoms with E-state index < -0.39 is 0 Å². The minimum Gasteiger partial charge on any atom is -0.366 e. The molecule has 3 rings (SSSR count). The van der Waals surface area contributed by atoms with E-state index in [9.17, 15) is 0 Å². The van der Waals surface area contributed by atoms with Crippen LogP contribution in [0.25, 0.3) is 10.9 Å². The van der Waals surface area contributed by atoms with Gasteiger partial charge in [0.15, 0.2) is 0 Å². The summed E-state index contributed by atoms with van der Waals surface area (Å²) in [7, 11) is 0. The summed E-state index contributed by atoms with van der Waals surface area (Å²) in [5, 5.41) is 4.96. The lowest BCUT2D eigenvalue weighted by molar-refractivity contribution is 0.253. The van der Waals surface area contributed by atoms with Crippen molar-refractivity contribution < 1.29 is 0 Å². The first-order valence-corrected chi connectivity index (χ1v) is 7.72. The Morgan fingerprint density at radius 2 is 1.95 bits per heavy atom. The fourth-order valence-corrected chi connectivity index (χ4v) is 3.30. The topological polar surface area (TPSA) is 37.8 Å². The summed E-state index contributed by atoms with van der Waals surface area (Å²) in [6, 6.07) is 8.47. The summed E-state index contributed by atoms with van der Waals surface area (Å²) >= 11 is 6.04. The van der Waals surface area contributed by atoms with Crippen molar-refractivity contribution in [1.29, 1.82) is 0 Å². The Morgan fingerprint density at radius 1 is 1.15 bits per heavy atom. The van der Waals surface area contributed by atoms with Gasteiger partial charge in [-0.3, -0.25) is 0 Å². The second kappa shape index (κ2) is 5.57. The summed E-state index contributed by atoms with van der Waals surface area (Å²) in [6.07, 6.45) is 3.80. The number of fused-ring (bicyclic) bond motifs is 1. The molecule has 0 bridgehead atoms. The van der Waals surface area contributed by atoms with Gasteiger partial charge in [0, 0.05) is 11.4 Å². The van der Waals surface area contributed by atoms with Crippen LogP contribution >= 0.6 is 11.6 Å². The Hall–Kier alpha value is -1.35. The van der Waals surface area contributed by atoms with Gasteiger partial charge in [-0.15, -0.1) is 0 Å². The molecular formula is C16H20ClN3. The molecule has 0 aliphatic heterocycles. The Balaban J connectivity index is 1.94. The van der Waals surface area contributed by atoms with Crippen molar-refractivity contribution in [2.75, 3.05) is 5.32 Å². The molecule has 106 valence electrons. The lowest BCUT2D eigenvalue weighted by Crippen LogP contribution is -2.35. The molecule has 0 radical (unpaired) electrons. The van der Waals surface area contributed by atoms with Crippen LogP contribution in [0.15, 0.2) is 24.3 Å². The number of benzene rings is 1. The normalized spacial score (nSPS) is 26.6. The Bertz CT molecular complexity index is 614. The van der Waals surface area contributed by atoms with Gasteiger partial charge in [0.1, 0.15) is 5.82 Å². The summed E-state index contributed by atoms with van der Waals surface area (Å²) in [4.78, 5) is 8.68. The number of aromatic nitrogens is 2. The molecule has 1 fully saturated rings. The first kappa shape index (κ1) is 13.6. The number of halogens is 1. The minimum atomic E-state index is 0.308. The Labute approximate surface area is 124 Å². The van der Waals surface area contributed by atoms with Crippen molar-refractivity contribution in [2.24, 2.45) is 11.8 Å². The van der Waals surface area contributed by atoms with E-state index in [0.717, 1.165) is 22.6 Å². The predicted molar refractivity (Wildman–Crippen MR) is 84.1 cm³/mol. The number of hydrogen-bond donors (Lipinski definition) is 1. The Kier molecular flexibility index (Phi) is 3.79. The highest BCUT2D eigenvalue weighted by atomic mass is 35.5. The van der Waals surface area contributed by atoms with Crippen molar-refractivity contribution in [3.05, 3.63) is 29.5 Å². The van der Waals surface area contributed by atoms with E-state index in [1.54, 1.807) is 0 Å². The number of para-hydroxylation sites is 1. The third kappa shape index (κ3) is 2.59. The molecule has 1 aliphatic carbocycles. The first-order chi connectivity index (χ1) is 9.65. The molecule has 2 aromatic rings. The maximum atomic E-state index is 6.04. The first-order valence-electron chi connectivity index (χ1n) is 7.34. The summed E-state index contributed by atoms with van der Waals surface area (Å²) in [6.45, 7) is 4.66. The van der Waals surface area contributed by atoms with E-state index in [1.165, 1.54) is 19.3 Å². The van der Waals surface area contributed by atoms with Gasteiger partial charge < -0.3 is 5.32 Å². The molecule has 0 amide bonds. The van der Waals surface area contributed by atoms with Gasteiger partial charge in [0.25, 0.3) is 0 Å². The third-order valence-electron chi connectivity index (χ3n) is 4.60. The fraction of sp³-hybridized carbons (Fsp3) is 0.500. The maximum absolute atomic E-state index is 6.04. The molecule has 3 atom stereocenters. The molecule has 3 nitrogen and oxygen atoms in total. The van der Waals surface area contributed by atoms with Gasteiger partial charge in [-0.25, -0.2) is 9.97 Å². The second-order valence-electron chi connectivity index (χ2n) is 5.88. The van der Waals surface area contributed by atoms with Gasteiger partial charge >= 0.3 is 0 Å². The van der Waals surface area contributed by atoms with E-state index in [0.29, 0.717) is 17.2 Å². The molecule has 20 heavy (non-hydrogen) atoms. The standard InChI is InChI=1S/C16H20ClN3/c1-10-6-5-9-13(11(10)2)18-15-12-7-3-4-8-14(12)19-16(17)20-15/h3-4,7-8,10-11,13H,5-6,9H2,1-2H3,(H,18,19,20). The van der Waals surface area contributed by atoms with Gasteiger partial charge in [0.2, 0.25) is 5.28 Å². The number of hydrogen-bond acceptors (Lipinski definition) is 3. The second-order valence-corrected chi connectivity index (χ2v) is 6.21. The predicted octanol–water partition coefficient (Wildman–Crippen LogP) is 4.52. The van der Waals surface area contributed by atoms with E-state index >= 15 is 0 Å². The van der Waals surface area contributed by atoms with Crippen LogP contribution in [0, 0.1) is 11.8 Å². The highest BCUT2D eigenvalue weighted by molar-refractivity contribution is 6.28. The largest absolute Gasteiger partial charge is 0.366 e. The van der Waals surface area contributed by atoms with Gasteiger partial charge in [-0.2, -0.15) is 0 Å². The number of nitrogens with zero attached hydrogens (tertiary/aromatic N) is 2. The van der Waals surface area contributed by atoms with Crippen LogP contribution in [0.3, 0.4) is 0 Å². The van der Waals surface area contributed by atoms with Crippen LogP contribution in [0.2, 0.25) is 5.28 Å². The maximum Gasteiger partial charge on any atom is 0.224 e. The van der Waals surface area contributed by atoms with Crippen molar-refractivity contribution in [3.63, 3.8) is 0 Å². The van der Waals surface area contributed by atoms with E-state index in [4.69, 9.17) is 11.6 Å². The number of nitrogens with one attached hydrogen (secondary N) is 1. The summed E-state index contributed by atoms with van der Waals surface area (Å²) in [5.74, 6) is 2.27. The SMILES string of the molecule is CC1CCCC(Nc2nc(Cl)nc3ccccc23)C1C. The van der Waals surface area contributed by atoms with Crippen LogP contribution in [0.4, 0.5) is 5.82 Å². The van der Waals surface area contributed by atoms with Crippen LogP contribution in [0.5, 0.6) is 0 Å². The zero-order valence-corrected chi connectivity index (χ0v) is 12.7. The molecule has 4 heteroatoms. The summed E-state index contributed by atoms with van der Waals surface area (Å²) in [5.41, 5.74) is 0.895. The molecule has 0 saturated heterocycles. The third-order valence-corrected chi connectivity index (χ3v) is 4.77. The van der Waals surface area contributed by atoms with Crippen molar-refractivity contribution >= 4 is 28.3 Å². The zero-order chi connectivity index (χ0) is 14.1. The van der Waals surface area contributed by atoms with Crippen LogP contribution in [-0.2, 0) is 0 Å². The highest BCUT2D eigenvalue weighted by Crippen LogP contribution is 2.32. The average molecular weight is 290 g/mol. The van der Waals surface area contributed by atoms with Gasteiger partial charge in [-0.05, 0) is 42.0 Å². The minimum absolute atomic E-state index is 0.308. The van der Waals surface area contributed by atoms with Crippen molar-refractivity contribution in [1.82, 2.24) is 9.97 Å². The fourth-order valence-electron chi connectivity index (χ4n) is 3.12. The summed E-state index contributed by atoms with van der Waals surface area (Å²) < 4.78 is 0. The molecule has 0 spiro atoms. The molecule has 1 aromatic carbocycles. The zero-order valence-electron chi connectivity index (χ0n) is 11.9. The lowest BCUT2D eigenvalue weighted by atomic mass is 9.78. The molecule has 1 saturated carbocycles. The van der Waals surface area contributed by atoms with Crippen molar-refractivity contribution in [3.8, 4) is 0 Å². The molecule has 1 N–H and O–H groups in total. The van der Waals surface area contributed by atoms with Crippen LogP contribution < -0.4 is 5.32 Å². The lowest BCUT2D eigenvalue weighted by Gasteiger charge is -2.35. The van der Waals surface area contributed by atoms with Crippen molar-refractivity contribution in [2.45, 2.75) is 39.2 Å². The van der Waals surface area contributed by atoms with Crippen LogP contribution in [-0.4, -0.2) is 16.0 Å². The Morgan fingerprint density at radius 3 is 2.80 bits per heavy atom. The highest BCUT2D eigenvalue weighted by Gasteiger charge is 2.27. The molecule has 1 aliphatic rings. The monoisotopic (exact) mass is 289 g/mol. The molecule has 1 aromatic heterocycles. The van der Waals surface area contributed by atoms with Gasteiger partial charge in [-0.1, -0.05) is 38.8 Å². The average Bonchev–Trinajstić information content (AvgIpc) is 2.43. The quantitative estimate of drug-likeness (QED) is 0.826. The van der Waals surface area contributed by atoms with Crippen LogP contribution in [0.1, 0.15) is 33.1 Å². The van der Waals surface area contributed by atoms with E-state index in [2.05, 4.69) is 29.1 Å². The van der Waals surface area contributed by atoms with Gasteiger partial charge in [0.05, 0.1) is 5.52 Å². The number of rotatable bonds is 2. The molecular weight excluding hydrogens is 270 g/mol. The van der Waals surface area contributed by atoms with E-state index in [-0.39, 0.29) is 0 Å². The molecule has 3 unspecified atom stereocenters. The number of anilines is 1. The smallest absolute Gasteiger partial charge is 0.224 e.